The van der Waals surface area contributed by atoms with Crippen molar-refractivity contribution in [1.82, 2.24) is 10.2 Å². The van der Waals surface area contributed by atoms with E-state index in [1.165, 1.54) is 12.1 Å². The number of amides is 4. The number of carbonyl (C=O) groups is 3. The number of nitrogens with zero attached hydrogens (tertiary/aromatic N) is 3. The fraction of sp³-hybridized carbons (Fsp3) is 0.348. The van der Waals surface area contributed by atoms with Gasteiger partial charge in [0.25, 0.3) is 5.69 Å². The van der Waals surface area contributed by atoms with Crippen LogP contribution in [0.5, 0.6) is 0 Å². The van der Waals surface area contributed by atoms with Crippen molar-refractivity contribution in [3.8, 4) is 0 Å². The van der Waals surface area contributed by atoms with E-state index in [4.69, 9.17) is 0 Å². The summed E-state index contributed by atoms with van der Waals surface area (Å²) in [6.45, 7) is 0.694. The molecule has 0 bridgehead atoms. The Balaban J connectivity index is 1.61. The molecule has 3 aliphatic rings. The predicted octanol–water partition coefficient (Wildman–Crippen LogP) is 2.77. The molecule has 0 aromatic heterocycles. The lowest BCUT2D eigenvalue weighted by molar-refractivity contribution is -0.384. The molecule has 2 atom stereocenters. The van der Waals surface area contributed by atoms with Crippen LogP contribution in [0.15, 0.2) is 48.5 Å². The molecule has 1 spiro atoms. The molecule has 1 N–H and O–H groups in total. The standard InChI is InChI=1S/C23H22N4O5/c28-20-23(21(29)26(22(30)24-20)14-15-6-2-1-3-7-15)13-16-12-17(27(31)32)9-10-18(16)25-11-5-4-8-19(23)25/h1-3,6-7,9-10,12,19H,4-5,8,11,13-14H2,(H,24,28,30). The Kier molecular flexibility index (Phi) is 4.69. The van der Waals surface area contributed by atoms with Crippen LogP contribution in [0, 0.1) is 15.5 Å². The van der Waals surface area contributed by atoms with E-state index in [1.54, 1.807) is 6.07 Å². The summed E-state index contributed by atoms with van der Waals surface area (Å²) in [4.78, 5) is 53.9. The lowest BCUT2D eigenvalue weighted by atomic mass is 9.66. The summed E-state index contributed by atoms with van der Waals surface area (Å²) in [5, 5.41) is 13.8. The second-order valence-corrected chi connectivity index (χ2v) is 8.56. The molecule has 9 nitrogen and oxygen atoms in total. The van der Waals surface area contributed by atoms with Gasteiger partial charge in [-0.25, -0.2) is 4.79 Å². The minimum Gasteiger partial charge on any atom is -0.367 e. The van der Waals surface area contributed by atoms with Gasteiger partial charge in [0, 0.05) is 30.8 Å². The highest BCUT2D eigenvalue weighted by Gasteiger charge is 2.62. The summed E-state index contributed by atoms with van der Waals surface area (Å²) in [7, 11) is 0. The second-order valence-electron chi connectivity index (χ2n) is 8.56. The van der Waals surface area contributed by atoms with Gasteiger partial charge in [0.15, 0.2) is 5.41 Å². The summed E-state index contributed by atoms with van der Waals surface area (Å²) in [5.41, 5.74) is 0.571. The fourth-order valence-electron chi connectivity index (χ4n) is 5.32. The van der Waals surface area contributed by atoms with Gasteiger partial charge in [-0.3, -0.25) is 29.9 Å². The summed E-state index contributed by atoms with van der Waals surface area (Å²) in [6.07, 6.45) is 2.40. The van der Waals surface area contributed by atoms with E-state index in [9.17, 15) is 24.5 Å². The predicted molar refractivity (Wildman–Crippen MR) is 115 cm³/mol. The number of nitrogens with one attached hydrogen (secondary N) is 1. The first-order valence-electron chi connectivity index (χ1n) is 10.7. The number of imide groups is 2. The van der Waals surface area contributed by atoms with Crippen molar-refractivity contribution < 1.29 is 19.3 Å². The number of urea groups is 1. The molecular weight excluding hydrogens is 412 g/mol. The normalized spacial score (nSPS) is 24.8. The van der Waals surface area contributed by atoms with Gasteiger partial charge in [0.2, 0.25) is 11.8 Å². The van der Waals surface area contributed by atoms with Crippen molar-refractivity contribution in [2.75, 3.05) is 11.4 Å². The number of nitro benzene ring substituents is 1. The SMILES string of the molecule is O=C1NC(=O)C2(Cc3cc([N+](=O)[O-])ccc3N3CCCCC32)C(=O)N1Cc1ccccc1. The first-order chi connectivity index (χ1) is 15.4. The molecule has 2 unspecified atom stereocenters. The Morgan fingerprint density at radius 3 is 2.62 bits per heavy atom. The van der Waals surface area contributed by atoms with E-state index in [1.807, 2.05) is 35.2 Å². The molecular formula is C23H22N4O5. The van der Waals surface area contributed by atoms with Gasteiger partial charge in [0.05, 0.1) is 17.5 Å². The number of barbiturate groups is 1. The molecule has 32 heavy (non-hydrogen) atoms. The van der Waals surface area contributed by atoms with Gasteiger partial charge in [0.1, 0.15) is 0 Å². The Morgan fingerprint density at radius 1 is 1.09 bits per heavy atom. The maximum Gasteiger partial charge on any atom is 0.331 e. The van der Waals surface area contributed by atoms with E-state index in [0.717, 1.165) is 29.0 Å². The van der Waals surface area contributed by atoms with Crippen LogP contribution in [-0.4, -0.2) is 40.3 Å². The Bertz CT molecular complexity index is 1130. The average molecular weight is 434 g/mol. The smallest absolute Gasteiger partial charge is 0.331 e. The summed E-state index contributed by atoms with van der Waals surface area (Å²) >= 11 is 0. The van der Waals surface area contributed by atoms with Crippen LogP contribution in [0.2, 0.25) is 0 Å². The fourth-order valence-corrected chi connectivity index (χ4v) is 5.32. The van der Waals surface area contributed by atoms with E-state index >= 15 is 0 Å². The van der Waals surface area contributed by atoms with Crippen LogP contribution >= 0.6 is 0 Å². The number of benzene rings is 2. The number of carbonyl (C=O) groups excluding carboxylic acids is 3. The molecule has 3 aliphatic heterocycles. The van der Waals surface area contributed by atoms with Crippen molar-refractivity contribution in [1.29, 1.82) is 0 Å². The summed E-state index contributed by atoms with van der Waals surface area (Å²) in [5.74, 6) is -1.16. The van der Waals surface area contributed by atoms with E-state index in [0.29, 0.717) is 18.5 Å². The first-order valence-corrected chi connectivity index (χ1v) is 10.7. The van der Waals surface area contributed by atoms with Crippen molar-refractivity contribution in [3.05, 3.63) is 69.8 Å². The Hall–Kier alpha value is -3.75. The molecule has 3 heterocycles. The summed E-state index contributed by atoms with van der Waals surface area (Å²) in [6, 6.07) is 12.6. The zero-order valence-electron chi connectivity index (χ0n) is 17.3. The van der Waals surface area contributed by atoms with Gasteiger partial charge in [-0.1, -0.05) is 30.3 Å². The third kappa shape index (κ3) is 2.96. The molecule has 9 heteroatoms. The van der Waals surface area contributed by atoms with Gasteiger partial charge < -0.3 is 4.90 Å². The van der Waals surface area contributed by atoms with Crippen LogP contribution in [0.4, 0.5) is 16.2 Å². The molecule has 4 amide bonds. The van der Waals surface area contributed by atoms with E-state index in [-0.39, 0.29) is 18.7 Å². The zero-order chi connectivity index (χ0) is 22.5. The highest BCUT2D eigenvalue weighted by Crippen LogP contribution is 2.48. The number of piperidine rings is 1. The number of fused-ring (bicyclic) bond motifs is 4. The number of nitro groups is 1. The van der Waals surface area contributed by atoms with Crippen LogP contribution in [0.25, 0.3) is 0 Å². The molecule has 0 radical (unpaired) electrons. The van der Waals surface area contributed by atoms with Crippen LogP contribution in [-0.2, 0) is 22.6 Å². The van der Waals surface area contributed by atoms with Crippen LogP contribution in [0.3, 0.4) is 0 Å². The van der Waals surface area contributed by atoms with Gasteiger partial charge >= 0.3 is 6.03 Å². The lowest BCUT2D eigenvalue weighted by Crippen LogP contribution is -2.72. The zero-order valence-corrected chi connectivity index (χ0v) is 17.3. The molecule has 2 aromatic rings. The minimum absolute atomic E-state index is 0.0222. The molecule has 2 fully saturated rings. The lowest BCUT2D eigenvalue weighted by Gasteiger charge is -2.53. The van der Waals surface area contributed by atoms with Gasteiger partial charge in [-0.05, 0) is 36.5 Å². The number of anilines is 1. The monoisotopic (exact) mass is 434 g/mol. The number of non-ortho nitro benzene ring substituents is 1. The molecule has 2 aromatic carbocycles. The molecule has 0 saturated carbocycles. The van der Waals surface area contributed by atoms with Crippen LogP contribution < -0.4 is 10.2 Å². The number of hydrogen-bond donors (Lipinski definition) is 1. The van der Waals surface area contributed by atoms with Crippen molar-refractivity contribution in [3.63, 3.8) is 0 Å². The second kappa shape index (κ2) is 7.44. The first kappa shape index (κ1) is 20.2. The van der Waals surface area contributed by atoms with Crippen molar-refractivity contribution >= 4 is 29.2 Å². The van der Waals surface area contributed by atoms with Crippen LogP contribution in [0.1, 0.15) is 30.4 Å². The maximum absolute atomic E-state index is 13.9. The Labute approximate surface area is 184 Å². The Morgan fingerprint density at radius 2 is 1.88 bits per heavy atom. The third-order valence-electron chi connectivity index (χ3n) is 6.81. The quantitative estimate of drug-likeness (QED) is 0.452. The highest BCUT2D eigenvalue weighted by molar-refractivity contribution is 6.20. The van der Waals surface area contributed by atoms with Gasteiger partial charge in [-0.15, -0.1) is 0 Å². The molecule has 5 rings (SSSR count). The van der Waals surface area contributed by atoms with Crippen molar-refractivity contribution in [2.45, 2.75) is 38.3 Å². The average Bonchev–Trinajstić information content (AvgIpc) is 2.80. The number of rotatable bonds is 3. The van der Waals surface area contributed by atoms with Crippen molar-refractivity contribution in [2.24, 2.45) is 5.41 Å². The topological polar surface area (TPSA) is 113 Å². The highest BCUT2D eigenvalue weighted by atomic mass is 16.6. The molecule has 0 aliphatic carbocycles. The van der Waals surface area contributed by atoms with E-state index < -0.39 is 34.2 Å². The van der Waals surface area contributed by atoms with E-state index in [2.05, 4.69) is 5.32 Å². The largest absolute Gasteiger partial charge is 0.367 e. The molecule has 164 valence electrons. The minimum atomic E-state index is -1.51. The number of hydrogen-bond acceptors (Lipinski definition) is 6. The molecule has 2 saturated heterocycles. The summed E-state index contributed by atoms with van der Waals surface area (Å²) < 4.78 is 0. The third-order valence-corrected chi connectivity index (χ3v) is 6.81. The maximum atomic E-state index is 13.9. The van der Waals surface area contributed by atoms with Gasteiger partial charge in [-0.2, -0.15) is 0 Å².